The smallest absolute Gasteiger partial charge is 0.117 e. The summed E-state index contributed by atoms with van der Waals surface area (Å²) in [5, 5.41) is 3.33. The third-order valence-corrected chi connectivity index (χ3v) is 2.45. The molecule has 0 aromatic carbocycles. The van der Waals surface area contributed by atoms with Crippen LogP contribution in [-0.4, -0.2) is 12.6 Å². The molecule has 0 aliphatic rings. The highest BCUT2D eigenvalue weighted by molar-refractivity contribution is 4.97. The largest absolute Gasteiger partial charge is 0.468 e. The molecular weight excluding hydrogens is 200 g/mol. The second kappa shape index (κ2) is 6.06. The van der Waals surface area contributed by atoms with Crippen LogP contribution in [0, 0.1) is 5.41 Å². The highest BCUT2D eigenvalue weighted by Crippen LogP contribution is 2.20. The fraction of sp³-hybridized carbons (Fsp3) is 0.692. The van der Waals surface area contributed by atoms with E-state index in [1.54, 1.807) is 6.26 Å². The maximum absolute atomic E-state index is 6.06. The summed E-state index contributed by atoms with van der Waals surface area (Å²) in [6.07, 6.45) is 3.77. The number of rotatable bonds is 6. The Balaban J connectivity index is 2.07. The first kappa shape index (κ1) is 13.3. The molecule has 0 bridgehead atoms. The number of nitrogens with one attached hydrogen (secondary N) is 1. The zero-order chi connectivity index (χ0) is 12.0. The number of hydrogen-bond acceptors (Lipinski definition) is 3. The van der Waals surface area contributed by atoms with E-state index in [2.05, 4.69) is 26.1 Å². The predicted octanol–water partition coefficient (Wildman–Crippen LogP) is 2.52. The highest BCUT2D eigenvalue weighted by Gasteiger charge is 2.14. The second-order valence-corrected chi connectivity index (χ2v) is 5.57. The van der Waals surface area contributed by atoms with Gasteiger partial charge in [0.1, 0.15) is 5.76 Å². The molecule has 0 radical (unpaired) electrons. The van der Waals surface area contributed by atoms with Gasteiger partial charge in [-0.25, -0.2) is 0 Å². The van der Waals surface area contributed by atoms with Crippen LogP contribution in [0.4, 0.5) is 0 Å². The maximum Gasteiger partial charge on any atom is 0.117 e. The van der Waals surface area contributed by atoms with Crippen LogP contribution in [-0.2, 0) is 6.54 Å². The molecule has 1 rings (SSSR count). The van der Waals surface area contributed by atoms with Crippen molar-refractivity contribution in [1.82, 2.24) is 5.32 Å². The number of nitrogens with two attached hydrogens (primary N) is 1. The summed E-state index contributed by atoms with van der Waals surface area (Å²) in [7, 11) is 0. The summed E-state index contributed by atoms with van der Waals surface area (Å²) in [4.78, 5) is 0. The fourth-order valence-corrected chi connectivity index (χ4v) is 1.80. The molecule has 0 spiro atoms. The molecular formula is C13H24N2O. The minimum absolute atomic E-state index is 0.282. The van der Waals surface area contributed by atoms with Gasteiger partial charge in [-0.3, -0.25) is 0 Å². The molecule has 1 aromatic heterocycles. The molecule has 1 atom stereocenters. The van der Waals surface area contributed by atoms with Gasteiger partial charge in [0.2, 0.25) is 0 Å². The Morgan fingerprint density at radius 3 is 2.75 bits per heavy atom. The minimum atomic E-state index is 0.282. The predicted molar refractivity (Wildman–Crippen MR) is 67.1 cm³/mol. The molecule has 1 unspecified atom stereocenters. The van der Waals surface area contributed by atoms with E-state index >= 15 is 0 Å². The Kier molecular flexibility index (Phi) is 5.03. The van der Waals surface area contributed by atoms with E-state index in [1.165, 1.54) is 0 Å². The van der Waals surface area contributed by atoms with Crippen molar-refractivity contribution in [1.29, 1.82) is 0 Å². The van der Waals surface area contributed by atoms with Gasteiger partial charge in [0.05, 0.1) is 12.8 Å². The van der Waals surface area contributed by atoms with Crippen LogP contribution in [0.2, 0.25) is 0 Å². The van der Waals surface area contributed by atoms with Crippen LogP contribution in [0.5, 0.6) is 0 Å². The van der Waals surface area contributed by atoms with Crippen molar-refractivity contribution in [2.45, 2.75) is 46.2 Å². The molecule has 0 saturated carbocycles. The van der Waals surface area contributed by atoms with Crippen molar-refractivity contribution >= 4 is 0 Å². The first-order chi connectivity index (χ1) is 7.47. The molecule has 3 heteroatoms. The summed E-state index contributed by atoms with van der Waals surface area (Å²) in [6.45, 7) is 8.41. The summed E-state index contributed by atoms with van der Waals surface area (Å²) in [5.41, 5.74) is 6.38. The van der Waals surface area contributed by atoms with Gasteiger partial charge >= 0.3 is 0 Å². The van der Waals surface area contributed by atoms with Gasteiger partial charge in [0.25, 0.3) is 0 Å². The Morgan fingerprint density at radius 1 is 1.44 bits per heavy atom. The quantitative estimate of drug-likeness (QED) is 0.730. The molecule has 0 fully saturated rings. The van der Waals surface area contributed by atoms with Crippen molar-refractivity contribution in [2.75, 3.05) is 6.54 Å². The van der Waals surface area contributed by atoms with Crippen LogP contribution in [0.1, 0.15) is 39.4 Å². The molecule has 16 heavy (non-hydrogen) atoms. The summed E-state index contributed by atoms with van der Waals surface area (Å²) < 4.78 is 5.23. The molecule has 92 valence electrons. The van der Waals surface area contributed by atoms with Crippen molar-refractivity contribution in [3.05, 3.63) is 24.2 Å². The standard InChI is InChI=1S/C13H24N2O/c1-13(2,3)9-11(14)6-7-15-10-12-5-4-8-16-12/h4-5,8,11,15H,6-7,9-10,14H2,1-3H3. The van der Waals surface area contributed by atoms with E-state index in [0.29, 0.717) is 5.41 Å². The molecule has 0 aliphatic heterocycles. The topological polar surface area (TPSA) is 51.2 Å². The maximum atomic E-state index is 6.06. The van der Waals surface area contributed by atoms with Gasteiger partial charge in [-0.2, -0.15) is 0 Å². The van der Waals surface area contributed by atoms with E-state index in [-0.39, 0.29) is 6.04 Å². The van der Waals surface area contributed by atoms with Crippen molar-refractivity contribution < 1.29 is 4.42 Å². The average Bonchev–Trinajstić information content (AvgIpc) is 2.62. The zero-order valence-corrected chi connectivity index (χ0v) is 10.6. The third-order valence-electron chi connectivity index (χ3n) is 2.45. The summed E-state index contributed by atoms with van der Waals surface area (Å²) in [6, 6.07) is 4.16. The van der Waals surface area contributed by atoms with Crippen LogP contribution in [0.25, 0.3) is 0 Å². The average molecular weight is 224 g/mol. The molecule has 0 amide bonds. The Labute approximate surface area is 98.4 Å². The Bertz CT molecular complexity index is 275. The van der Waals surface area contributed by atoms with Gasteiger partial charge in [0.15, 0.2) is 0 Å². The molecule has 0 saturated heterocycles. The molecule has 3 N–H and O–H groups in total. The number of hydrogen-bond donors (Lipinski definition) is 2. The number of furan rings is 1. The molecule has 1 aromatic rings. The lowest BCUT2D eigenvalue weighted by molar-refractivity contribution is 0.328. The minimum Gasteiger partial charge on any atom is -0.468 e. The molecule has 3 nitrogen and oxygen atoms in total. The second-order valence-electron chi connectivity index (χ2n) is 5.57. The molecule has 0 aliphatic carbocycles. The van der Waals surface area contributed by atoms with Crippen molar-refractivity contribution in [3.63, 3.8) is 0 Å². The summed E-state index contributed by atoms with van der Waals surface area (Å²) >= 11 is 0. The lowest BCUT2D eigenvalue weighted by atomic mass is 9.87. The monoisotopic (exact) mass is 224 g/mol. The fourth-order valence-electron chi connectivity index (χ4n) is 1.80. The highest BCUT2D eigenvalue weighted by atomic mass is 16.3. The zero-order valence-electron chi connectivity index (χ0n) is 10.6. The van der Waals surface area contributed by atoms with E-state index in [4.69, 9.17) is 10.2 Å². The first-order valence-electron chi connectivity index (χ1n) is 5.96. The van der Waals surface area contributed by atoms with Gasteiger partial charge in [-0.1, -0.05) is 20.8 Å². The van der Waals surface area contributed by atoms with Gasteiger partial charge in [0, 0.05) is 6.04 Å². The van der Waals surface area contributed by atoms with E-state index in [1.807, 2.05) is 12.1 Å². The normalized spacial score (nSPS) is 14.0. The van der Waals surface area contributed by atoms with Crippen LogP contribution in [0.3, 0.4) is 0 Å². The van der Waals surface area contributed by atoms with Crippen LogP contribution < -0.4 is 11.1 Å². The van der Waals surface area contributed by atoms with Crippen molar-refractivity contribution in [2.24, 2.45) is 11.1 Å². The SMILES string of the molecule is CC(C)(C)CC(N)CCNCc1ccco1. The van der Waals surface area contributed by atoms with Crippen LogP contribution >= 0.6 is 0 Å². The lowest BCUT2D eigenvalue weighted by Crippen LogP contribution is -2.30. The third kappa shape index (κ3) is 5.93. The van der Waals surface area contributed by atoms with Gasteiger partial charge in [-0.05, 0) is 36.9 Å². The van der Waals surface area contributed by atoms with Crippen molar-refractivity contribution in [3.8, 4) is 0 Å². The van der Waals surface area contributed by atoms with E-state index < -0.39 is 0 Å². The summed E-state index contributed by atoms with van der Waals surface area (Å²) in [5.74, 6) is 0.976. The van der Waals surface area contributed by atoms with E-state index in [9.17, 15) is 0 Å². The molecule has 1 heterocycles. The van der Waals surface area contributed by atoms with E-state index in [0.717, 1.165) is 31.7 Å². The lowest BCUT2D eigenvalue weighted by Gasteiger charge is -2.23. The Hall–Kier alpha value is -0.800. The van der Waals surface area contributed by atoms with Gasteiger partial charge in [-0.15, -0.1) is 0 Å². The first-order valence-corrected chi connectivity index (χ1v) is 5.96. The van der Waals surface area contributed by atoms with Gasteiger partial charge < -0.3 is 15.5 Å². The van der Waals surface area contributed by atoms with Crippen LogP contribution in [0.15, 0.2) is 22.8 Å². The Morgan fingerprint density at radius 2 is 2.19 bits per heavy atom.